The molecule has 2 aromatic rings. The number of nitrogens with zero attached hydrogens (tertiary/aromatic N) is 1. The zero-order chi connectivity index (χ0) is 19.6. The van der Waals surface area contributed by atoms with Gasteiger partial charge in [-0.25, -0.2) is 9.18 Å². The van der Waals surface area contributed by atoms with Gasteiger partial charge in [-0.1, -0.05) is 6.08 Å². The highest BCUT2D eigenvalue weighted by Gasteiger charge is 2.35. The fourth-order valence-electron chi connectivity index (χ4n) is 2.80. The van der Waals surface area contributed by atoms with E-state index in [0.717, 1.165) is 4.90 Å². The van der Waals surface area contributed by atoms with E-state index in [1.807, 2.05) is 0 Å². The van der Waals surface area contributed by atoms with Crippen LogP contribution < -0.4 is 4.74 Å². The van der Waals surface area contributed by atoms with Gasteiger partial charge in [0.2, 0.25) is 0 Å². The number of ether oxygens (including phenoxy) is 2. The van der Waals surface area contributed by atoms with Crippen molar-refractivity contribution < 1.29 is 28.2 Å². The van der Waals surface area contributed by atoms with E-state index in [1.165, 1.54) is 49.6 Å². The number of esters is 1. The zero-order valence-corrected chi connectivity index (χ0v) is 14.5. The molecule has 0 aliphatic carbocycles. The van der Waals surface area contributed by atoms with E-state index >= 15 is 0 Å². The van der Waals surface area contributed by atoms with Crippen molar-refractivity contribution >= 4 is 17.8 Å². The van der Waals surface area contributed by atoms with Crippen molar-refractivity contribution in [1.82, 2.24) is 4.90 Å². The molecule has 0 spiro atoms. The highest BCUT2D eigenvalue weighted by Crippen LogP contribution is 2.25. The molecule has 0 unspecified atom stereocenters. The molecule has 0 radical (unpaired) electrons. The highest BCUT2D eigenvalue weighted by atomic mass is 19.1. The van der Waals surface area contributed by atoms with Crippen LogP contribution in [0.15, 0.2) is 49.1 Å². The SMILES string of the molecule is C=CCN1C(=O)c2ccc(C(=O)OCc3cc(F)ccc3OC)cc2C1=O. The first-order chi connectivity index (χ1) is 13.0. The first kappa shape index (κ1) is 18.3. The lowest BCUT2D eigenvalue weighted by molar-refractivity contribution is 0.0469. The van der Waals surface area contributed by atoms with E-state index < -0.39 is 23.6 Å². The summed E-state index contributed by atoms with van der Waals surface area (Å²) in [6.07, 6.45) is 1.45. The van der Waals surface area contributed by atoms with Crippen molar-refractivity contribution in [2.45, 2.75) is 6.61 Å². The Kier molecular flexibility index (Phi) is 5.03. The molecule has 0 bridgehead atoms. The molecule has 0 atom stereocenters. The van der Waals surface area contributed by atoms with Crippen LogP contribution in [0.4, 0.5) is 4.39 Å². The molecule has 1 aliphatic heterocycles. The van der Waals surface area contributed by atoms with Crippen LogP contribution in [0.3, 0.4) is 0 Å². The summed E-state index contributed by atoms with van der Waals surface area (Å²) in [6, 6.07) is 8.03. The Morgan fingerprint density at radius 2 is 1.89 bits per heavy atom. The molecule has 27 heavy (non-hydrogen) atoms. The molecule has 0 N–H and O–H groups in total. The number of carbonyl (C=O) groups is 3. The summed E-state index contributed by atoms with van der Waals surface area (Å²) in [5.41, 5.74) is 0.853. The number of rotatable bonds is 6. The van der Waals surface area contributed by atoms with E-state index in [1.54, 1.807) is 0 Å². The second-order valence-corrected chi connectivity index (χ2v) is 5.80. The molecule has 1 heterocycles. The monoisotopic (exact) mass is 369 g/mol. The summed E-state index contributed by atoms with van der Waals surface area (Å²) >= 11 is 0. The Morgan fingerprint density at radius 3 is 2.59 bits per heavy atom. The van der Waals surface area contributed by atoms with Crippen LogP contribution in [0.2, 0.25) is 0 Å². The summed E-state index contributed by atoms with van der Waals surface area (Å²) < 4.78 is 23.7. The predicted octanol–water partition coefficient (Wildman–Crippen LogP) is 2.97. The minimum atomic E-state index is -0.702. The van der Waals surface area contributed by atoms with Gasteiger partial charge in [0.05, 0.1) is 23.8 Å². The number of imide groups is 1. The van der Waals surface area contributed by atoms with Crippen LogP contribution in [-0.4, -0.2) is 36.3 Å². The third kappa shape index (κ3) is 3.44. The number of hydrogen-bond donors (Lipinski definition) is 0. The third-order valence-corrected chi connectivity index (χ3v) is 4.12. The Balaban J connectivity index is 1.78. The third-order valence-electron chi connectivity index (χ3n) is 4.12. The lowest BCUT2D eigenvalue weighted by Crippen LogP contribution is -2.29. The van der Waals surface area contributed by atoms with Gasteiger partial charge in [0.1, 0.15) is 18.2 Å². The van der Waals surface area contributed by atoms with E-state index in [2.05, 4.69) is 6.58 Å². The van der Waals surface area contributed by atoms with Gasteiger partial charge >= 0.3 is 5.97 Å². The maximum absolute atomic E-state index is 13.4. The molecular formula is C20H16FNO5. The van der Waals surface area contributed by atoms with E-state index in [-0.39, 0.29) is 29.8 Å². The van der Waals surface area contributed by atoms with Gasteiger partial charge in [-0.2, -0.15) is 0 Å². The molecule has 0 aromatic heterocycles. The maximum atomic E-state index is 13.4. The average Bonchev–Trinajstić information content (AvgIpc) is 2.91. The zero-order valence-electron chi connectivity index (χ0n) is 14.5. The van der Waals surface area contributed by atoms with E-state index in [4.69, 9.17) is 9.47 Å². The lowest BCUT2D eigenvalue weighted by atomic mass is 10.1. The molecule has 1 aliphatic rings. The smallest absolute Gasteiger partial charge is 0.338 e. The van der Waals surface area contributed by atoms with E-state index in [0.29, 0.717) is 11.3 Å². The maximum Gasteiger partial charge on any atom is 0.338 e. The number of methoxy groups -OCH3 is 1. The number of hydrogen-bond acceptors (Lipinski definition) is 5. The van der Waals surface area contributed by atoms with Crippen LogP contribution in [0.5, 0.6) is 5.75 Å². The summed E-state index contributed by atoms with van der Waals surface area (Å²) in [6.45, 7) is 3.40. The number of benzene rings is 2. The van der Waals surface area contributed by atoms with Crippen molar-refractivity contribution in [2.24, 2.45) is 0 Å². The van der Waals surface area contributed by atoms with Crippen molar-refractivity contribution in [1.29, 1.82) is 0 Å². The largest absolute Gasteiger partial charge is 0.496 e. The van der Waals surface area contributed by atoms with Crippen molar-refractivity contribution in [3.63, 3.8) is 0 Å². The first-order valence-corrected chi connectivity index (χ1v) is 8.07. The van der Waals surface area contributed by atoms with Crippen LogP contribution >= 0.6 is 0 Å². The minimum Gasteiger partial charge on any atom is -0.496 e. The van der Waals surface area contributed by atoms with Crippen LogP contribution in [0.25, 0.3) is 0 Å². The first-order valence-electron chi connectivity index (χ1n) is 8.07. The quantitative estimate of drug-likeness (QED) is 0.445. The average molecular weight is 369 g/mol. The molecule has 3 rings (SSSR count). The van der Waals surface area contributed by atoms with Crippen molar-refractivity contribution in [3.8, 4) is 5.75 Å². The predicted molar refractivity (Wildman–Crippen MR) is 94.1 cm³/mol. The molecule has 0 fully saturated rings. The molecule has 0 saturated heterocycles. The van der Waals surface area contributed by atoms with Crippen LogP contribution in [-0.2, 0) is 11.3 Å². The molecule has 2 amide bonds. The molecule has 138 valence electrons. The molecule has 7 heteroatoms. The number of halogens is 1. The van der Waals surface area contributed by atoms with Gasteiger partial charge in [-0.05, 0) is 36.4 Å². The van der Waals surface area contributed by atoms with Crippen LogP contribution in [0.1, 0.15) is 36.6 Å². The highest BCUT2D eigenvalue weighted by molar-refractivity contribution is 6.22. The standard InChI is InChI=1S/C20H16FNO5/c1-3-8-22-18(23)15-6-4-12(10-16(15)19(22)24)20(25)27-11-13-9-14(21)5-7-17(13)26-2/h3-7,9-10H,1,8,11H2,2H3. The molecule has 6 nitrogen and oxygen atoms in total. The molecular weight excluding hydrogens is 353 g/mol. The van der Waals surface area contributed by atoms with E-state index in [9.17, 15) is 18.8 Å². The van der Waals surface area contributed by atoms with Gasteiger partial charge in [0.25, 0.3) is 11.8 Å². The Hall–Kier alpha value is -3.48. The van der Waals surface area contributed by atoms with Gasteiger partial charge in [-0.3, -0.25) is 14.5 Å². The fourth-order valence-corrected chi connectivity index (χ4v) is 2.80. The number of carbonyl (C=O) groups excluding carboxylic acids is 3. The summed E-state index contributed by atoms with van der Waals surface area (Å²) in [5, 5.41) is 0. The van der Waals surface area contributed by atoms with Gasteiger partial charge in [0.15, 0.2) is 0 Å². The van der Waals surface area contributed by atoms with Gasteiger partial charge in [-0.15, -0.1) is 6.58 Å². The second-order valence-electron chi connectivity index (χ2n) is 5.80. The molecule has 2 aromatic carbocycles. The van der Waals surface area contributed by atoms with Crippen molar-refractivity contribution in [3.05, 3.63) is 77.1 Å². The summed E-state index contributed by atoms with van der Waals surface area (Å²) in [7, 11) is 1.43. The topological polar surface area (TPSA) is 72.9 Å². The minimum absolute atomic E-state index is 0.0888. The normalized spacial score (nSPS) is 12.7. The molecule has 0 saturated carbocycles. The Morgan fingerprint density at radius 1 is 1.15 bits per heavy atom. The summed E-state index contributed by atoms with van der Waals surface area (Å²) in [4.78, 5) is 37.9. The number of amides is 2. The van der Waals surface area contributed by atoms with Gasteiger partial charge in [0, 0.05) is 12.1 Å². The Labute approximate surface area is 154 Å². The van der Waals surface area contributed by atoms with Gasteiger partial charge < -0.3 is 9.47 Å². The second kappa shape index (κ2) is 7.41. The fraction of sp³-hybridized carbons (Fsp3) is 0.150. The lowest BCUT2D eigenvalue weighted by Gasteiger charge is -2.10. The van der Waals surface area contributed by atoms with Crippen LogP contribution in [0, 0.1) is 5.82 Å². The Bertz CT molecular complexity index is 953. The van der Waals surface area contributed by atoms with Crippen molar-refractivity contribution in [2.75, 3.05) is 13.7 Å². The summed E-state index contributed by atoms with van der Waals surface area (Å²) in [5.74, 6) is -1.72. The number of fused-ring (bicyclic) bond motifs is 1.